The molecule has 6 N–H and O–H groups in total. The monoisotopic (exact) mass is 749 g/mol. The van der Waals surface area contributed by atoms with Crippen LogP contribution < -0.4 is 11.1 Å². The number of aliphatic hydroxyl groups is 2. The Labute approximate surface area is 315 Å². The number of carbonyl (C=O) groups is 1. The van der Waals surface area contributed by atoms with E-state index in [0.717, 1.165) is 38.5 Å². The second-order valence-electron chi connectivity index (χ2n) is 15.1. The maximum Gasteiger partial charge on any atom is 0.472 e. The van der Waals surface area contributed by atoms with Crippen molar-refractivity contribution in [3.05, 3.63) is 0 Å². The maximum absolute atomic E-state index is 12.8. The van der Waals surface area contributed by atoms with Crippen molar-refractivity contribution in [1.82, 2.24) is 5.32 Å². The number of rotatable bonds is 41. The first-order chi connectivity index (χ1) is 24.8. The molecule has 0 rings (SSSR count). The van der Waals surface area contributed by atoms with Crippen molar-refractivity contribution in [2.45, 2.75) is 238 Å². The molecule has 4 unspecified atom stereocenters. The normalized spacial score (nSPS) is 14.7. The zero-order chi connectivity index (χ0) is 37.7. The van der Waals surface area contributed by atoms with Gasteiger partial charge in [-0.3, -0.25) is 13.8 Å². The summed E-state index contributed by atoms with van der Waals surface area (Å²) in [6.07, 6.45) is 35.9. The van der Waals surface area contributed by atoms with Gasteiger partial charge in [0.15, 0.2) is 0 Å². The van der Waals surface area contributed by atoms with Crippen LogP contribution in [0.15, 0.2) is 0 Å². The molecule has 0 aromatic carbocycles. The van der Waals surface area contributed by atoms with Gasteiger partial charge >= 0.3 is 7.82 Å². The van der Waals surface area contributed by atoms with Crippen LogP contribution in [0.3, 0.4) is 0 Å². The van der Waals surface area contributed by atoms with E-state index in [9.17, 15) is 24.5 Å². The number of unbranched alkanes of at least 4 members (excludes halogenated alkanes) is 27. The molecule has 10 heteroatoms. The molecule has 0 aliphatic carbocycles. The van der Waals surface area contributed by atoms with Crippen LogP contribution in [0.5, 0.6) is 0 Å². The smallest absolute Gasteiger partial charge is 0.393 e. The first-order valence-corrected chi connectivity index (χ1v) is 23.2. The van der Waals surface area contributed by atoms with Gasteiger partial charge in [-0.25, -0.2) is 4.57 Å². The predicted octanol–water partition coefficient (Wildman–Crippen LogP) is 10.8. The summed E-state index contributed by atoms with van der Waals surface area (Å²) in [4.78, 5) is 22.7. The minimum atomic E-state index is -4.36. The van der Waals surface area contributed by atoms with Gasteiger partial charge in [0.25, 0.3) is 0 Å². The lowest BCUT2D eigenvalue weighted by atomic mass is 10.0. The Bertz CT molecular complexity index is 791. The molecular weight excluding hydrogens is 663 g/mol. The molecule has 0 heterocycles. The first kappa shape index (κ1) is 50.5. The highest BCUT2D eigenvalue weighted by atomic mass is 31.2. The summed E-state index contributed by atoms with van der Waals surface area (Å²) in [6.45, 7) is 4.03. The molecule has 0 aromatic rings. The molecule has 0 fully saturated rings. The lowest BCUT2D eigenvalue weighted by molar-refractivity contribution is -0.125. The van der Waals surface area contributed by atoms with Crippen molar-refractivity contribution < 1.29 is 33.5 Å². The van der Waals surface area contributed by atoms with E-state index in [4.69, 9.17) is 14.8 Å². The van der Waals surface area contributed by atoms with E-state index in [0.29, 0.717) is 12.8 Å². The molecule has 4 atom stereocenters. The Kier molecular flexibility index (Phi) is 37.4. The zero-order valence-electron chi connectivity index (χ0n) is 33.5. The van der Waals surface area contributed by atoms with E-state index in [1.165, 1.54) is 148 Å². The van der Waals surface area contributed by atoms with E-state index >= 15 is 0 Å². The summed E-state index contributed by atoms with van der Waals surface area (Å²) in [5, 5.41) is 24.1. The minimum absolute atomic E-state index is 0.0622. The van der Waals surface area contributed by atoms with Crippen LogP contribution in [-0.4, -0.2) is 59.0 Å². The largest absolute Gasteiger partial charge is 0.472 e. The minimum Gasteiger partial charge on any atom is -0.393 e. The molecule has 0 aromatic heterocycles. The molecule has 0 spiro atoms. The quantitative estimate of drug-likeness (QED) is 0.0306. The highest BCUT2D eigenvalue weighted by molar-refractivity contribution is 7.47. The number of nitrogens with two attached hydrogens (primary N) is 1. The van der Waals surface area contributed by atoms with E-state index in [1.807, 2.05) is 0 Å². The van der Waals surface area contributed by atoms with Gasteiger partial charge in [0.05, 0.1) is 37.9 Å². The number of hydrogen-bond donors (Lipinski definition) is 5. The lowest BCUT2D eigenvalue weighted by Crippen LogP contribution is -2.47. The van der Waals surface area contributed by atoms with Gasteiger partial charge < -0.3 is 26.2 Å². The fraction of sp³-hybridized carbons (Fsp3) is 0.976. The molecule has 0 aliphatic rings. The zero-order valence-corrected chi connectivity index (χ0v) is 34.4. The number of amides is 1. The molecule has 0 aliphatic heterocycles. The van der Waals surface area contributed by atoms with Crippen LogP contribution in [0.2, 0.25) is 0 Å². The lowest BCUT2D eigenvalue weighted by Gasteiger charge is -2.25. The van der Waals surface area contributed by atoms with Crippen LogP contribution in [0.1, 0.15) is 219 Å². The van der Waals surface area contributed by atoms with Crippen molar-refractivity contribution in [3.8, 4) is 0 Å². The molecule has 9 nitrogen and oxygen atoms in total. The van der Waals surface area contributed by atoms with Crippen molar-refractivity contribution in [3.63, 3.8) is 0 Å². The van der Waals surface area contributed by atoms with Gasteiger partial charge in [0.2, 0.25) is 5.91 Å². The molecule has 0 saturated heterocycles. The van der Waals surface area contributed by atoms with Crippen LogP contribution in [0.25, 0.3) is 0 Å². The van der Waals surface area contributed by atoms with Crippen LogP contribution in [0, 0.1) is 0 Å². The third-order valence-electron chi connectivity index (χ3n) is 10.0. The standard InChI is InChI=1S/C41H85N2O7P/c1-3-5-7-9-11-13-14-15-16-17-18-19-20-21-22-23-25-26-28-30-32-38(44)36-41(46)43-39(37-50-51(47,48)49-35-34-42)40(45)33-31-29-27-24-12-10-8-6-4-2/h38-40,44-45H,3-37,42H2,1-2H3,(H,43,46)(H,47,48). The van der Waals surface area contributed by atoms with Gasteiger partial charge in [0, 0.05) is 6.54 Å². The molecular formula is C41H85N2O7P. The summed E-state index contributed by atoms with van der Waals surface area (Å²) >= 11 is 0. The van der Waals surface area contributed by atoms with Gasteiger partial charge in [-0.05, 0) is 12.8 Å². The average molecular weight is 749 g/mol. The highest BCUT2D eigenvalue weighted by Gasteiger charge is 2.28. The summed E-state index contributed by atoms with van der Waals surface area (Å²) in [6, 6.07) is -0.889. The average Bonchev–Trinajstić information content (AvgIpc) is 3.10. The van der Waals surface area contributed by atoms with Crippen LogP contribution in [-0.2, 0) is 18.4 Å². The van der Waals surface area contributed by atoms with Crippen molar-refractivity contribution in [2.24, 2.45) is 5.73 Å². The third kappa shape index (κ3) is 36.2. The van der Waals surface area contributed by atoms with E-state index in [2.05, 4.69) is 19.2 Å². The fourth-order valence-electron chi connectivity index (χ4n) is 6.71. The summed E-state index contributed by atoms with van der Waals surface area (Å²) < 4.78 is 22.0. The molecule has 0 radical (unpaired) electrons. The first-order valence-electron chi connectivity index (χ1n) is 21.7. The maximum atomic E-state index is 12.8. The van der Waals surface area contributed by atoms with Crippen LogP contribution >= 0.6 is 7.82 Å². The van der Waals surface area contributed by atoms with E-state index in [-0.39, 0.29) is 26.2 Å². The second-order valence-corrected chi connectivity index (χ2v) is 16.6. The summed E-state index contributed by atoms with van der Waals surface area (Å²) in [5.74, 6) is -0.411. The Morgan fingerprint density at radius 2 is 0.941 bits per heavy atom. The fourth-order valence-corrected chi connectivity index (χ4v) is 7.47. The Hall–Kier alpha value is -0.540. The summed E-state index contributed by atoms with van der Waals surface area (Å²) in [5.41, 5.74) is 5.35. The predicted molar refractivity (Wildman–Crippen MR) is 214 cm³/mol. The number of nitrogens with one attached hydrogen (secondary N) is 1. The van der Waals surface area contributed by atoms with Gasteiger partial charge in [-0.2, -0.15) is 0 Å². The van der Waals surface area contributed by atoms with Crippen molar-refractivity contribution >= 4 is 13.7 Å². The highest BCUT2D eigenvalue weighted by Crippen LogP contribution is 2.43. The molecule has 1 amide bonds. The van der Waals surface area contributed by atoms with E-state index in [1.54, 1.807) is 0 Å². The number of aliphatic hydroxyl groups excluding tert-OH is 2. The number of phosphoric ester groups is 1. The second kappa shape index (κ2) is 37.8. The Balaban J connectivity index is 4.09. The SMILES string of the molecule is CCCCCCCCCCCCCCCCCCCCCCC(O)CC(=O)NC(COP(=O)(O)OCCN)C(O)CCCCCCCCCCC. The number of hydrogen-bond acceptors (Lipinski definition) is 7. The van der Waals surface area contributed by atoms with Crippen molar-refractivity contribution in [1.29, 1.82) is 0 Å². The number of carbonyl (C=O) groups excluding carboxylic acids is 1. The van der Waals surface area contributed by atoms with Crippen molar-refractivity contribution in [2.75, 3.05) is 19.8 Å². The van der Waals surface area contributed by atoms with E-state index < -0.39 is 32.0 Å². The van der Waals surface area contributed by atoms with Crippen LogP contribution in [0.4, 0.5) is 0 Å². The molecule has 306 valence electrons. The molecule has 0 bridgehead atoms. The molecule has 51 heavy (non-hydrogen) atoms. The topological polar surface area (TPSA) is 151 Å². The molecule has 0 saturated carbocycles. The van der Waals surface area contributed by atoms with Gasteiger partial charge in [0.1, 0.15) is 0 Å². The summed E-state index contributed by atoms with van der Waals surface area (Å²) in [7, 11) is -4.36. The van der Waals surface area contributed by atoms with Gasteiger partial charge in [-0.1, -0.05) is 200 Å². The van der Waals surface area contributed by atoms with Gasteiger partial charge in [-0.15, -0.1) is 0 Å². The third-order valence-corrected chi connectivity index (χ3v) is 11.0. The Morgan fingerprint density at radius 3 is 1.31 bits per heavy atom. The Morgan fingerprint density at radius 1 is 0.588 bits per heavy atom. The number of phosphoric acid groups is 1.